The number of non-ortho nitro benzene ring substituents is 1. The van der Waals surface area contributed by atoms with E-state index in [0.717, 1.165) is 12.8 Å². The van der Waals surface area contributed by atoms with Gasteiger partial charge < -0.3 is 16.0 Å². The first-order valence-corrected chi connectivity index (χ1v) is 8.73. The molecule has 0 spiro atoms. The van der Waals surface area contributed by atoms with E-state index in [1.54, 1.807) is 0 Å². The second-order valence-electron chi connectivity index (χ2n) is 8.09. The zero-order chi connectivity index (χ0) is 20.2. The van der Waals surface area contributed by atoms with Crippen molar-refractivity contribution < 1.29 is 9.72 Å². The van der Waals surface area contributed by atoms with Crippen LogP contribution in [0.4, 0.5) is 11.4 Å². The maximum absolute atomic E-state index is 12.3. The van der Waals surface area contributed by atoms with Crippen molar-refractivity contribution in [2.45, 2.75) is 57.7 Å². The predicted octanol–water partition coefficient (Wildman–Crippen LogP) is 2.84. The van der Waals surface area contributed by atoms with Gasteiger partial charge in [-0.1, -0.05) is 0 Å². The predicted molar refractivity (Wildman–Crippen MR) is 103 cm³/mol. The number of hydrogen-bond donors (Lipinski definition) is 3. The van der Waals surface area contributed by atoms with E-state index in [2.05, 4.69) is 43.6 Å². The topological polar surface area (TPSA) is 120 Å². The number of nitriles is 1. The Hall–Kier alpha value is -2.92. The van der Waals surface area contributed by atoms with E-state index in [-0.39, 0.29) is 28.4 Å². The average Bonchev–Trinajstić information content (AvgIpc) is 2.53. The number of piperidine rings is 1. The average molecular weight is 371 g/mol. The van der Waals surface area contributed by atoms with Crippen molar-refractivity contribution in [3.05, 3.63) is 46.2 Å². The van der Waals surface area contributed by atoms with Gasteiger partial charge in [0.25, 0.3) is 11.6 Å². The van der Waals surface area contributed by atoms with Gasteiger partial charge in [-0.2, -0.15) is 5.26 Å². The van der Waals surface area contributed by atoms with Crippen molar-refractivity contribution >= 4 is 17.3 Å². The maximum atomic E-state index is 12.3. The number of hydrogen-bond acceptors (Lipinski definition) is 6. The summed E-state index contributed by atoms with van der Waals surface area (Å²) in [5.74, 6) is -0.564. The monoisotopic (exact) mass is 371 g/mol. The highest BCUT2D eigenvalue weighted by molar-refractivity contribution is 6.06. The molecule has 1 fully saturated rings. The van der Waals surface area contributed by atoms with Gasteiger partial charge in [0, 0.05) is 41.1 Å². The van der Waals surface area contributed by atoms with E-state index in [1.807, 2.05) is 6.07 Å². The molecule has 8 nitrogen and oxygen atoms in total. The van der Waals surface area contributed by atoms with Crippen LogP contribution in [-0.2, 0) is 4.79 Å². The first-order valence-electron chi connectivity index (χ1n) is 8.73. The standard InChI is InChI=1S/C19H25N5O3/c1-18(2)9-15(10-19(3,4)23-18)21-12-13(11-20)17(25)22-14-5-7-16(8-6-14)24(26)27/h5-8,12,15,21,23H,9-10H2,1-4H3,(H,22,25)/b13-12-. The lowest BCUT2D eigenvalue weighted by molar-refractivity contribution is -0.384. The zero-order valence-corrected chi connectivity index (χ0v) is 16.0. The first-order chi connectivity index (χ1) is 12.5. The Bertz CT molecular complexity index is 775. The molecular weight excluding hydrogens is 346 g/mol. The molecule has 1 aliphatic rings. The molecule has 0 unspecified atom stereocenters. The molecule has 3 N–H and O–H groups in total. The quantitative estimate of drug-likeness (QED) is 0.317. The summed E-state index contributed by atoms with van der Waals surface area (Å²) in [7, 11) is 0. The number of nitrogens with one attached hydrogen (secondary N) is 3. The first kappa shape index (κ1) is 20.4. The van der Waals surface area contributed by atoms with Gasteiger partial charge in [0.15, 0.2) is 0 Å². The second kappa shape index (κ2) is 7.76. The van der Waals surface area contributed by atoms with Crippen LogP contribution in [-0.4, -0.2) is 28.0 Å². The lowest BCUT2D eigenvalue weighted by atomic mass is 9.80. The van der Waals surface area contributed by atoms with Crippen LogP contribution in [0.3, 0.4) is 0 Å². The summed E-state index contributed by atoms with van der Waals surface area (Å²) in [4.78, 5) is 22.5. The molecule has 1 heterocycles. The summed E-state index contributed by atoms with van der Waals surface area (Å²) < 4.78 is 0. The van der Waals surface area contributed by atoms with Crippen LogP contribution in [0.1, 0.15) is 40.5 Å². The number of anilines is 1. The smallest absolute Gasteiger partial charge is 0.269 e. The van der Waals surface area contributed by atoms with E-state index >= 15 is 0 Å². The molecule has 0 bridgehead atoms. The van der Waals surface area contributed by atoms with Gasteiger partial charge in [0.2, 0.25) is 0 Å². The highest BCUT2D eigenvalue weighted by atomic mass is 16.6. The van der Waals surface area contributed by atoms with Crippen LogP contribution in [0.15, 0.2) is 36.0 Å². The summed E-state index contributed by atoms with van der Waals surface area (Å²) in [6.07, 6.45) is 3.16. The van der Waals surface area contributed by atoms with Gasteiger partial charge in [-0.3, -0.25) is 14.9 Å². The van der Waals surface area contributed by atoms with Gasteiger partial charge in [0.05, 0.1) is 4.92 Å². The molecule has 144 valence electrons. The third-order valence-electron chi connectivity index (χ3n) is 4.35. The van der Waals surface area contributed by atoms with E-state index in [9.17, 15) is 20.2 Å². The van der Waals surface area contributed by atoms with E-state index in [1.165, 1.54) is 30.5 Å². The molecule has 1 saturated heterocycles. The van der Waals surface area contributed by atoms with Crippen LogP contribution >= 0.6 is 0 Å². The second-order valence-corrected chi connectivity index (χ2v) is 8.09. The highest BCUT2D eigenvalue weighted by Gasteiger charge is 2.37. The van der Waals surface area contributed by atoms with Crippen LogP contribution in [0, 0.1) is 21.4 Å². The van der Waals surface area contributed by atoms with E-state index in [0.29, 0.717) is 5.69 Å². The minimum atomic E-state index is -0.564. The SMILES string of the molecule is CC1(C)CC(N/C=C(/C#N)C(=O)Nc2ccc([N+](=O)[O-])cc2)CC(C)(C)N1. The van der Waals surface area contributed by atoms with Gasteiger partial charge >= 0.3 is 0 Å². The number of carbonyl (C=O) groups is 1. The molecule has 27 heavy (non-hydrogen) atoms. The molecule has 0 saturated carbocycles. The summed E-state index contributed by atoms with van der Waals surface area (Å²) in [6.45, 7) is 8.50. The number of nitrogens with zero attached hydrogens (tertiary/aromatic N) is 2. The number of rotatable bonds is 5. The van der Waals surface area contributed by atoms with Gasteiger partial charge in [-0.25, -0.2) is 0 Å². The Morgan fingerprint density at radius 2 is 1.81 bits per heavy atom. The third kappa shape index (κ3) is 5.79. The minimum absolute atomic E-state index is 0.0532. The third-order valence-corrected chi connectivity index (χ3v) is 4.35. The van der Waals surface area contributed by atoms with Crippen molar-refractivity contribution in [1.82, 2.24) is 10.6 Å². The number of nitro groups is 1. The highest BCUT2D eigenvalue weighted by Crippen LogP contribution is 2.28. The van der Waals surface area contributed by atoms with Crippen molar-refractivity contribution in [2.24, 2.45) is 0 Å². The molecule has 8 heteroatoms. The maximum Gasteiger partial charge on any atom is 0.269 e. The Labute approximate surface area is 158 Å². The van der Waals surface area contributed by atoms with E-state index in [4.69, 9.17) is 0 Å². The summed E-state index contributed by atoms with van der Waals surface area (Å²) in [6, 6.07) is 7.47. The van der Waals surface area contributed by atoms with Crippen molar-refractivity contribution in [3.63, 3.8) is 0 Å². The molecular formula is C19H25N5O3. The fraction of sp³-hybridized carbons (Fsp3) is 0.474. The fourth-order valence-electron chi connectivity index (χ4n) is 3.65. The largest absolute Gasteiger partial charge is 0.387 e. The Morgan fingerprint density at radius 3 is 2.30 bits per heavy atom. The minimum Gasteiger partial charge on any atom is -0.387 e. The van der Waals surface area contributed by atoms with Crippen LogP contribution in [0.2, 0.25) is 0 Å². The lowest BCUT2D eigenvalue weighted by Gasteiger charge is -2.46. The molecule has 1 aromatic rings. The Morgan fingerprint density at radius 1 is 1.26 bits per heavy atom. The fourth-order valence-corrected chi connectivity index (χ4v) is 3.65. The molecule has 0 atom stereocenters. The molecule has 1 amide bonds. The van der Waals surface area contributed by atoms with Gasteiger partial charge in [0.1, 0.15) is 11.6 Å². The van der Waals surface area contributed by atoms with Crippen molar-refractivity contribution in [1.29, 1.82) is 5.26 Å². The summed E-state index contributed by atoms with van der Waals surface area (Å²) in [5.41, 5.74) is 0.155. The zero-order valence-electron chi connectivity index (χ0n) is 16.0. The normalized spacial score (nSPS) is 19.0. The van der Waals surface area contributed by atoms with Crippen LogP contribution < -0.4 is 16.0 Å². The van der Waals surface area contributed by atoms with Gasteiger partial charge in [-0.15, -0.1) is 0 Å². The molecule has 0 radical (unpaired) electrons. The molecule has 1 aromatic carbocycles. The molecule has 1 aliphatic heterocycles. The summed E-state index contributed by atoms with van der Waals surface area (Å²) >= 11 is 0. The Kier molecular flexibility index (Phi) is 5.86. The lowest BCUT2D eigenvalue weighted by Crippen LogP contribution is -2.61. The number of benzene rings is 1. The Balaban J connectivity index is 2.03. The van der Waals surface area contributed by atoms with Crippen molar-refractivity contribution in [2.75, 3.05) is 5.32 Å². The van der Waals surface area contributed by atoms with Crippen LogP contribution in [0.5, 0.6) is 0 Å². The molecule has 0 aromatic heterocycles. The van der Waals surface area contributed by atoms with Crippen molar-refractivity contribution in [3.8, 4) is 6.07 Å². The summed E-state index contributed by atoms with van der Waals surface area (Å²) in [5, 5.41) is 29.3. The van der Waals surface area contributed by atoms with E-state index < -0.39 is 10.8 Å². The number of nitro benzene ring substituents is 1. The number of amides is 1. The molecule has 2 rings (SSSR count). The van der Waals surface area contributed by atoms with Crippen LogP contribution in [0.25, 0.3) is 0 Å². The van der Waals surface area contributed by atoms with Gasteiger partial charge in [-0.05, 0) is 52.7 Å². The number of carbonyl (C=O) groups excluding carboxylic acids is 1. The molecule has 0 aliphatic carbocycles.